The number of unbranched alkanes of at least 4 members (excludes halogenated alkanes) is 5. The van der Waals surface area contributed by atoms with Crippen molar-refractivity contribution < 1.29 is 9.47 Å². The van der Waals surface area contributed by atoms with Crippen molar-refractivity contribution in [2.24, 2.45) is 0 Å². The molecule has 2 rings (SSSR count). The minimum atomic E-state index is 0.409. The Labute approximate surface area is 129 Å². The molecule has 0 amide bonds. The van der Waals surface area contributed by atoms with Crippen LogP contribution in [-0.4, -0.2) is 20.3 Å². The van der Waals surface area contributed by atoms with Crippen LogP contribution in [0.2, 0.25) is 0 Å². The van der Waals surface area contributed by atoms with Crippen molar-refractivity contribution in [3.63, 3.8) is 0 Å². The molecule has 1 N–H and O–H groups in total. The van der Waals surface area contributed by atoms with Crippen LogP contribution in [0, 0.1) is 0 Å². The van der Waals surface area contributed by atoms with Gasteiger partial charge in [0.2, 0.25) is 0 Å². The number of benzene rings is 1. The molecular weight excluding hydrogens is 262 g/mol. The van der Waals surface area contributed by atoms with Gasteiger partial charge in [-0.05, 0) is 31.2 Å². The molecule has 1 aromatic rings. The van der Waals surface area contributed by atoms with Gasteiger partial charge in [-0.2, -0.15) is 0 Å². The molecule has 0 aliphatic carbocycles. The van der Waals surface area contributed by atoms with Gasteiger partial charge in [-0.15, -0.1) is 0 Å². The van der Waals surface area contributed by atoms with Gasteiger partial charge in [0.05, 0.1) is 0 Å². The molecule has 1 aliphatic heterocycles. The standard InChI is InChI=1S/C18H29NO2/c1-3-4-5-6-7-8-9-16(19-2)15-10-11-17-18(14-15)21-13-12-20-17/h10-11,14,16,19H,3-9,12-13H2,1-2H3. The Balaban J connectivity index is 1.83. The first-order valence-electron chi connectivity index (χ1n) is 8.42. The van der Waals surface area contributed by atoms with E-state index in [0.717, 1.165) is 11.5 Å². The lowest BCUT2D eigenvalue weighted by Crippen LogP contribution is -2.18. The molecule has 0 saturated heterocycles. The van der Waals surface area contributed by atoms with Crippen molar-refractivity contribution in [1.29, 1.82) is 0 Å². The molecular formula is C18H29NO2. The second-order valence-electron chi connectivity index (χ2n) is 5.80. The average molecular weight is 291 g/mol. The van der Waals surface area contributed by atoms with Crippen molar-refractivity contribution >= 4 is 0 Å². The Kier molecular flexibility index (Phi) is 6.87. The summed E-state index contributed by atoms with van der Waals surface area (Å²) in [6, 6.07) is 6.74. The SMILES string of the molecule is CCCCCCCCC(NC)c1ccc2c(c1)OCCO2. The predicted octanol–water partition coefficient (Wildman–Crippen LogP) is 4.47. The van der Waals surface area contributed by atoms with Gasteiger partial charge in [-0.1, -0.05) is 51.5 Å². The highest BCUT2D eigenvalue weighted by Crippen LogP contribution is 2.33. The molecule has 118 valence electrons. The highest BCUT2D eigenvalue weighted by Gasteiger charge is 2.15. The molecule has 3 nitrogen and oxygen atoms in total. The maximum atomic E-state index is 5.68. The quantitative estimate of drug-likeness (QED) is 0.681. The van der Waals surface area contributed by atoms with Gasteiger partial charge in [0.1, 0.15) is 13.2 Å². The summed E-state index contributed by atoms with van der Waals surface area (Å²) in [7, 11) is 2.04. The third kappa shape index (κ3) is 4.92. The lowest BCUT2D eigenvalue weighted by atomic mass is 9.99. The zero-order chi connectivity index (χ0) is 14.9. The molecule has 1 heterocycles. The molecule has 3 heteroatoms. The Morgan fingerprint density at radius 3 is 2.48 bits per heavy atom. The van der Waals surface area contributed by atoms with Gasteiger partial charge >= 0.3 is 0 Å². The van der Waals surface area contributed by atoms with Crippen LogP contribution in [0.4, 0.5) is 0 Å². The second-order valence-corrected chi connectivity index (χ2v) is 5.80. The summed E-state index contributed by atoms with van der Waals surface area (Å²) in [6.07, 6.45) is 9.23. The first-order valence-corrected chi connectivity index (χ1v) is 8.42. The van der Waals surface area contributed by atoms with E-state index >= 15 is 0 Å². The van der Waals surface area contributed by atoms with E-state index in [0.29, 0.717) is 19.3 Å². The minimum absolute atomic E-state index is 0.409. The van der Waals surface area contributed by atoms with E-state index in [4.69, 9.17) is 9.47 Å². The van der Waals surface area contributed by atoms with Gasteiger partial charge < -0.3 is 14.8 Å². The molecule has 0 saturated carbocycles. The van der Waals surface area contributed by atoms with Crippen molar-refractivity contribution in [1.82, 2.24) is 5.32 Å². The van der Waals surface area contributed by atoms with E-state index in [-0.39, 0.29) is 0 Å². The van der Waals surface area contributed by atoms with E-state index < -0.39 is 0 Å². The van der Waals surface area contributed by atoms with Crippen LogP contribution < -0.4 is 14.8 Å². The van der Waals surface area contributed by atoms with Crippen LogP contribution in [0.3, 0.4) is 0 Å². The molecule has 0 aromatic heterocycles. The van der Waals surface area contributed by atoms with Gasteiger partial charge in [0, 0.05) is 6.04 Å². The zero-order valence-corrected chi connectivity index (χ0v) is 13.5. The summed E-state index contributed by atoms with van der Waals surface area (Å²) in [5, 5.41) is 3.43. The highest BCUT2D eigenvalue weighted by atomic mass is 16.6. The summed E-state index contributed by atoms with van der Waals surface area (Å²) >= 11 is 0. The third-order valence-electron chi connectivity index (χ3n) is 4.16. The van der Waals surface area contributed by atoms with Gasteiger partial charge in [0.15, 0.2) is 11.5 Å². The van der Waals surface area contributed by atoms with Crippen LogP contribution in [0.5, 0.6) is 11.5 Å². The molecule has 1 aliphatic rings. The van der Waals surface area contributed by atoms with Crippen LogP contribution in [-0.2, 0) is 0 Å². The van der Waals surface area contributed by atoms with Crippen molar-refractivity contribution in [2.75, 3.05) is 20.3 Å². The first kappa shape index (κ1) is 16.2. The highest BCUT2D eigenvalue weighted by molar-refractivity contribution is 5.44. The number of nitrogens with one attached hydrogen (secondary N) is 1. The molecule has 1 aromatic carbocycles. The normalized spacial score (nSPS) is 15.0. The lowest BCUT2D eigenvalue weighted by Gasteiger charge is -2.22. The topological polar surface area (TPSA) is 30.5 Å². The fourth-order valence-electron chi connectivity index (χ4n) is 2.88. The van der Waals surface area contributed by atoms with Crippen molar-refractivity contribution in [3.05, 3.63) is 23.8 Å². The summed E-state index contributed by atoms with van der Waals surface area (Å²) in [4.78, 5) is 0. The summed E-state index contributed by atoms with van der Waals surface area (Å²) in [5.74, 6) is 1.77. The van der Waals surface area contributed by atoms with E-state index in [2.05, 4.69) is 24.4 Å². The van der Waals surface area contributed by atoms with Crippen LogP contribution in [0.1, 0.15) is 63.5 Å². The number of ether oxygens (including phenoxy) is 2. The number of rotatable bonds is 9. The number of hydrogen-bond acceptors (Lipinski definition) is 3. The van der Waals surface area contributed by atoms with E-state index in [1.807, 2.05) is 13.1 Å². The van der Waals surface area contributed by atoms with Crippen LogP contribution in [0.25, 0.3) is 0 Å². The molecule has 1 atom stereocenters. The van der Waals surface area contributed by atoms with E-state index in [9.17, 15) is 0 Å². The molecule has 0 fully saturated rings. The lowest BCUT2D eigenvalue weighted by molar-refractivity contribution is 0.171. The Bertz CT molecular complexity index is 420. The zero-order valence-electron chi connectivity index (χ0n) is 13.5. The second kappa shape index (κ2) is 8.93. The van der Waals surface area contributed by atoms with Gasteiger partial charge in [-0.3, -0.25) is 0 Å². The fourth-order valence-corrected chi connectivity index (χ4v) is 2.88. The molecule has 1 unspecified atom stereocenters. The first-order chi connectivity index (χ1) is 10.3. The third-order valence-corrected chi connectivity index (χ3v) is 4.16. The summed E-state index contributed by atoms with van der Waals surface area (Å²) in [5.41, 5.74) is 1.30. The molecule has 0 spiro atoms. The number of hydrogen-bond donors (Lipinski definition) is 1. The Morgan fingerprint density at radius 1 is 1.00 bits per heavy atom. The smallest absolute Gasteiger partial charge is 0.161 e. The maximum Gasteiger partial charge on any atom is 0.161 e. The average Bonchev–Trinajstić information content (AvgIpc) is 2.54. The van der Waals surface area contributed by atoms with Crippen LogP contribution in [0.15, 0.2) is 18.2 Å². The van der Waals surface area contributed by atoms with Crippen molar-refractivity contribution in [2.45, 2.75) is 57.9 Å². The molecule has 0 bridgehead atoms. The summed E-state index contributed by atoms with van der Waals surface area (Å²) in [6.45, 7) is 3.57. The largest absolute Gasteiger partial charge is 0.486 e. The Hall–Kier alpha value is -1.22. The Morgan fingerprint density at radius 2 is 1.71 bits per heavy atom. The fraction of sp³-hybridized carbons (Fsp3) is 0.667. The van der Waals surface area contributed by atoms with Crippen LogP contribution >= 0.6 is 0 Å². The molecule has 0 radical (unpaired) electrons. The van der Waals surface area contributed by atoms with Crippen molar-refractivity contribution in [3.8, 4) is 11.5 Å². The maximum absolute atomic E-state index is 5.68. The monoisotopic (exact) mass is 291 g/mol. The van der Waals surface area contributed by atoms with Gasteiger partial charge in [-0.25, -0.2) is 0 Å². The van der Waals surface area contributed by atoms with Gasteiger partial charge in [0.25, 0.3) is 0 Å². The predicted molar refractivity (Wildman–Crippen MR) is 87.2 cm³/mol. The minimum Gasteiger partial charge on any atom is -0.486 e. The number of fused-ring (bicyclic) bond motifs is 1. The van der Waals surface area contributed by atoms with E-state index in [1.54, 1.807) is 0 Å². The summed E-state index contributed by atoms with van der Waals surface area (Å²) < 4.78 is 11.3. The molecule has 21 heavy (non-hydrogen) atoms. The van der Waals surface area contributed by atoms with E-state index in [1.165, 1.54) is 50.5 Å².